The van der Waals surface area contributed by atoms with E-state index in [9.17, 15) is 19.2 Å². The van der Waals surface area contributed by atoms with Gasteiger partial charge in [0.05, 0.1) is 23.9 Å². The number of fused-ring (bicyclic) bond motifs is 1. The van der Waals surface area contributed by atoms with E-state index in [2.05, 4.69) is 10.3 Å². The van der Waals surface area contributed by atoms with Crippen molar-refractivity contribution in [1.82, 2.24) is 9.55 Å². The van der Waals surface area contributed by atoms with E-state index in [1.54, 1.807) is 52.0 Å². The summed E-state index contributed by atoms with van der Waals surface area (Å²) in [6.07, 6.45) is 1.04. The molecule has 3 rings (SSSR count). The van der Waals surface area contributed by atoms with E-state index in [1.165, 1.54) is 17.8 Å². The zero-order chi connectivity index (χ0) is 22.9. The zero-order valence-electron chi connectivity index (χ0n) is 17.9. The lowest BCUT2D eigenvalue weighted by atomic mass is 10.0. The van der Waals surface area contributed by atoms with E-state index >= 15 is 0 Å². The lowest BCUT2D eigenvalue weighted by Gasteiger charge is -2.14. The van der Waals surface area contributed by atoms with Gasteiger partial charge in [-0.25, -0.2) is 9.78 Å². The molecule has 0 fully saturated rings. The fourth-order valence-corrected chi connectivity index (χ4v) is 4.19. The Morgan fingerprint density at radius 3 is 2.35 bits per heavy atom. The Morgan fingerprint density at radius 1 is 1.13 bits per heavy atom. The van der Waals surface area contributed by atoms with E-state index in [-0.39, 0.29) is 17.8 Å². The van der Waals surface area contributed by atoms with Crippen LogP contribution in [0.25, 0.3) is 10.2 Å². The summed E-state index contributed by atoms with van der Waals surface area (Å²) in [5.74, 6) is -0.976. The van der Waals surface area contributed by atoms with Gasteiger partial charge in [0.25, 0.3) is 5.56 Å². The van der Waals surface area contributed by atoms with Crippen LogP contribution in [0.4, 0.5) is 5.69 Å². The van der Waals surface area contributed by atoms with Crippen molar-refractivity contribution in [2.75, 3.05) is 5.32 Å². The molecule has 0 aliphatic rings. The lowest BCUT2D eigenvalue weighted by molar-refractivity contribution is -0.114. The number of nitrogens with zero attached hydrogens (tertiary/aromatic N) is 2. The Labute approximate surface area is 182 Å². The minimum atomic E-state index is -0.804. The van der Waals surface area contributed by atoms with Gasteiger partial charge >= 0.3 is 5.97 Å². The molecule has 0 saturated carbocycles. The number of anilines is 1. The Balaban J connectivity index is 1.95. The topological polar surface area (TPSA) is 107 Å². The van der Waals surface area contributed by atoms with Gasteiger partial charge < -0.3 is 10.1 Å². The number of nitrogens with one attached hydrogen (secondary N) is 1. The summed E-state index contributed by atoms with van der Waals surface area (Å²) in [5.41, 5.74) is 1.08. The van der Waals surface area contributed by atoms with Crippen LogP contribution in [0.5, 0.6) is 0 Å². The van der Waals surface area contributed by atoms with Gasteiger partial charge in [-0.3, -0.25) is 19.0 Å². The summed E-state index contributed by atoms with van der Waals surface area (Å²) >= 11 is 1.10. The number of rotatable bonds is 6. The molecular weight excluding hydrogens is 418 g/mol. The molecule has 1 amide bonds. The van der Waals surface area contributed by atoms with Crippen LogP contribution >= 0.6 is 11.3 Å². The second-order valence-corrected chi connectivity index (χ2v) is 8.45. The summed E-state index contributed by atoms with van der Waals surface area (Å²) < 4.78 is 6.52. The SMILES string of the molecule is CC(=O)Nc1ccc(C(=O)C(C)n2cnc3sc(C(=O)OC(C)C)c(C)c3c2=O)cc1. The Hall–Kier alpha value is -3.33. The second kappa shape index (κ2) is 8.81. The largest absolute Gasteiger partial charge is 0.459 e. The number of aryl methyl sites for hydroxylation is 1. The molecule has 2 heterocycles. The van der Waals surface area contributed by atoms with Crippen molar-refractivity contribution < 1.29 is 19.1 Å². The second-order valence-electron chi connectivity index (χ2n) is 7.45. The zero-order valence-corrected chi connectivity index (χ0v) is 18.7. The van der Waals surface area contributed by atoms with Gasteiger partial charge in [0, 0.05) is 18.2 Å². The van der Waals surface area contributed by atoms with Crippen LogP contribution < -0.4 is 10.9 Å². The van der Waals surface area contributed by atoms with Crippen LogP contribution in [-0.2, 0) is 9.53 Å². The molecule has 1 aromatic carbocycles. The highest BCUT2D eigenvalue weighted by molar-refractivity contribution is 7.20. The third-order valence-corrected chi connectivity index (χ3v) is 5.87. The van der Waals surface area contributed by atoms with E-state index < -0.39 is 17.6 Å². The van der Waals surface area contributed by atoms with E-state index in [1.807, 2.05) is 0 Å². The van der Waals surface area contributed by atoms with E-state index in [4.69, 9.17) is 4.74 Å². The number of benzene rings is 1. The molecule has 1 N–H and O–H groups in total. The fourth-order valence-electron chi connectivity index (χ4n) is 3.16. The Kier molecular flexibility index (Phi) is 6.35. The first-order valence-corrected chi connectivity index (χ1v) is 10.5. The van der Waals surface area contributed by atoms with Gasteiger partial charge in [0.15, 0.2) is 5.78 Å². The molecule has 162 valence electrons. The molecule has 0 bridgehead atoms. The molecule has 0 aliphatic heterocycles. The normalized spacial score (nSPS) is 12.1. The van der Waals surface area contributed by atoms with Gasteiger partial charge in [0.2, 0.25) is 5.91 Å². The van der Waals surface area contributed by atoms with Crippen molar-refractivity contribution in [1.29, 1.82) is 0 Å². The highest BCUT2D eigenvalue weighted by atomic mass is 32.1. The third kappa shape index (κ3) is 4.56. The smallest absolute Gasteiger partial charge is 0.348 e. The number of hydrogen-bond donors (Lipinski definition) is 1. The number of amides is 1. The maximum atomic E-state index is 13.1. The predicted molar refractivity (Wildman–Crippen MR) is 119 cm³/mol. The summed E-state index contributed by atoms with van der Waals surface area (Å²) in [5, 5.41) is 2.95. The number of carbonyl (C=O) groups excluding carboxylic acids is 3. The highest BCUT2D eigenvalue weighted by Gasteiger charge is 2.24. The van der Waals surface area contributed by atoms with Gasteiger partial charge in [-0.05, 0) is 57.5 Å². The van der Waals surface area contributed by atoms with Crippen LogP contribution in [0.1, 0.15) is 59.3 Å². The monoisotopic (exact) mass is 441 g/mol. The molecule has 2 aromatic heterocycles. The molecule has 0 saturated heterocycles. The van der Waals surface area contributed by atoms with Gasteiger partial charge in [-0.2, -0.15) is 0 Å². The third-order valence-electron chi connectivity index (χ3n) is 4.69. The first-order valence-electron chi connectivity index (χ1n) is 9.73. The van der Waals surface area contributed by atoms with Crippen molar-refractivity contribution >= 4 is 44.9 Å². The number of thiophene rings is 1. The molecule has 1 unspecified atom stereocenters. The maximum absolute atomic E-state index is 13.1. The van der Waals surface area contributed by atoms with Crippen LogP contribution in [0.2, 0.25) is 0 Å². The predicted octanol–water partition coefficient (Wildman–Crippen LogP) is 3.73. The summed E-state index contributed by atoms with van der Waals surface area (Å²) in [4.78, 5) is 54.6. The lowest BCUT2D eigenvalue weighted by Crippen LogP contribution is -2.28. The minimum Gasteiger partial charge on any atom is -0.459 e. The molecule has 9 heteroatoms. The summed E-state index contributed by atoms with van der Waals surface area (Å²) in [7, 11) is 0. The van der Waals surface area contributed by atoms with Crippen LogP contribution in [-0.4, -0.2) is 33.3 Å². The molecule has 8 nitrogen and oxygen atoms in total. The number of Topliss-reactive ketones (excluding diaryl/α,β-unsaturated/α-hetero) is 1. The molecule has 0 radical (unpaired) electrons. The van der Waals surface area contributed by atoms with Crippen LogP contribution in [0.3, 0.4) is 0 Å². The van der Waals surface area contributed by atoms with Gasteiger partial charge in [-0.1, -0.05) is 0 Å². The van der Waals surface area contributed by atoms with Gasteiger partial charge in [0.1, 0.15) is 9.71 Å². The summed E-state index contributed by atoms with van der Waals surface area (Å²) in [6, 6.07) is 5.64. The Morgan fingerprint density at radius 2 is 1.77 bits per heavy atom. The van der Waals surface area contributed by atoms with Crippen molar-refractivity contribution in [3.8, 4) is 0 Å². The minimum absolute atomic E-state index is 0.207. The van der Waals surface area contributed by atoms with E-state index in [0.717, 1.165) is 11.3 Å². The maximum Gasteiger partial charge on any atom is 0.348 e. The average molecular weight is 442 g/mol. The molecule has 31 heavy (non-hydrogen) atoms. The van der Waals surface area contributed by atoms with Crippen molar-refractivity contribution in [2.45, 2.75) is 46.8 Å². The first kappa shape index (κ1) is 22.4. The molecule has 3 aromatic rings. The standard InChI is InChI=1S/C22H23N3O5S/c1-11(2)30-22(29)19-12(3)17-20(31-19)23-10-25(21(17)28)13(4)18(27)15-6-8-16(9-7-15)24-14(5)26/h6-11,13H,1-5H3,(H,24,26). The Bertz CT molecular complexity index is 1220. The van der Waals surface area contributed by atoms with E-state index in [0.29, 0.717) is 31.9 Å². The average Bonchev–Trinajstić information content (AvgIpc) is 3.04. The first-order chi connectivity index (χ1) is 14.6. The highest BCUT2D eigenvalue weighted by Crippen LogP contribution is 2.28. The summed E-state index contributed by atoms with van der Waals surface area (Å²) in [6.45, 7) is 8.20. The number of ether oxygens (including phenoxy) is 1. The number of aromatic nitrogens is 2. The quantitative estimate of drug-likeness (QED) is 0.461. The molecule has 1 atom stereocenters. The van der Waals surface area contributed by atoms with Crippen molar-refractivity contribution in [3.63, 3.8) is 0 Å². The van der Waals surface area contributed by atoms with Gasteiger partial charge in [-0.15, -0.1) is 11.3 Å². The molecular formula is C22H23N3O5S. The number of ketones is 1. The number of esters is 1. The van der Waals surface area contributed by atoms with Crippen LogP contribution in [0.15, 0.2) is 35.4 Å². The van der Waals surface area contributed by atoms with Crippen LogP contribution in [0, 0.1) is 6.92 Å². The fraction of sp³-hybridized carbons (Fsp3) is 0.318. The number of hydrogen-bond acceptors (Lipinski definition) is 7. The molecule has 0 aliphatic carbocycles. The van der Waals surface area contributed by atoms with Crippen molar-refractivity contribution in [3.05, 3.63) is 57.0 Å². The van der Waals surface area contributed by atoms with Crippen molar-refractivity contribution in [2.24, 2.45) is 0 Å². The number of carbonyl (C=O) groups is 3. The molecule has 0 spiro atoms.